The van der Waals surface area contributed by atoms with E-state index < -0.39 is 5.60 Å². The minimum atomic E-state index is -0.737. The number of hydrogen-bond acceptors (Lipinski definition) is 2. The second kappa shape index (κ2) is 4.30. The van der Waals surface area contributed by atoms with Gasteiger partial charge >= 0.3 is 5.97 Å². The van der Waals surface area contributed by atoms with Gasteiger partial charge in [0.2, 0.25) is 0 Å². The zero-order valence-electron chi connectivity index (χ0n) is 9.41. The molecule has 15 heavy (non-hydrogen) atoms. The topological polar surface area (TPSA) is 26.3 Å². The SMILES string of the molecule is C=C[C@@](C)(OC(C)=O)c1ccc(C)cc1. The van der Waals surface area contributed by atoms with Gasteiger partial charge in [0.15, 0.2) is 5.60 Å². The molecular formula is C13H16O2. The Balaban J connectivity index is 3.05. The van der Waals surface area contributed by atoms with Gasteiger partial charge in [-0.15, -0.1) is 0 Å². The summed E-state index contributed by atoms with van der Waals surface area (Å²) in [7, 11) is 0. The molecule has 0 aliphatic rings. The van der Waals surface area contributed by atoms with Crippen molar-refractivity contribution in [2.75, 3.05) is 0 Å². The zero-order chi connectivity index (χ0) is 11.5. The van der Waals surface area contributed by atoms with Crippen LogP contribution in [0.5, 0.6) is 0 Å². The van der Waals surface area contributed by atoms with E-state index in [0.717, 1.165) is 5.56 Å². The summed E-state index contributed by atoms with van der Waals surface area (Å²) in [6.45, 7) is 8.95. The Morgan fingerprint density at radius 3 is 2.33 bits per heavy atom. The molecule has 1 rings (SSSR count). The summed E-state index contributed by atoms with van der Waals surface area (Å²) in [5.41, 5.74) is 1.37. The van der Waals surface area contributed by atoms with Crippen LogP contribution in [-0.4, -0.2) is 5.97 Å². The number of carbonyl (C=O) groups is 1. The van der Waals surface area contributed by atoms with Gasteiger partial charge in [0.25, 0.3) is 0 Å². The molecule has 0 radical (unpaired) electrons. The Labute approximate surface area is 90.6 Å². The predicted molar refractivity (Wildman–Crippen MR) is 60.5 cm³/mol. The molecule has 1 atom stereocenters. The molecule has 0 aromatic heterocycles. The van der Waals surface area contributed by atoms with Crippen molar-refractivity contribution in [2.24, 2.45) is 0 Å². The highest BCUT2D eigenvalue weighted by Gasteiger charge is 2.25. The first-order valence-corrected chi connectivity index (χ1v) is 4.88. The standard InChI is InChI=1S/C13H16O2/c1-5-13(4,15-11(3)14)12-8-6-10(2)7-9-12/h5-9H,1H2,2-4H3/t13-/m1/s1. The third-order valence-electron chi connectivity index (χ3n) is 2.37. The molecule has 1 aromatic carbocycles. The van der Waals surface area contributed by atoms with E-state index in [1.165, 1.54) is 12.5 Å². The first-order valence-electron chi connectivity index (χ1n) is 4.88. The summed E-state index contributed by atoms with van der Waals surface area (Å²) in [5.74, 6) is -0.307. The van der Waals surface area contributed by atoms with Crippen molar-refractivity contribution in [3.63, 3.8) is 0 Å². The molecule has 0 heterocycles. The molecule has 0 bridgehead atoms. The lowest BCUT2D eigenvalue weighted by atomic mass is 9.95. The molecule has 0 unspecified atom stereocenters. The van der Waals surface area contributed by atoms with Crippen molar-refractivity contribution >= 4 is 5.97 Å². The van der Waals surface area contributed by atoms with Crippen molar-refractivity contribution < 1.29 is 9.53 Å². The van der Waals surface area contributed by atoms with Crippen LogP contribution in [0.3, 0.4) is 0 Å². The number of esters is 1. The molecule has 1 aromatic rings. The van der Waals surface area contributed by atoms with Crippen molar-refractivity contribution in [1.29, 1.82) is 0 Å². The molecule has 0 saturated carbocycles. The highest BCUT2D eigenvalue weighted by atomic mass is 16.6. The van der Waals surface area contributed by atoms with Crippen LogP contribution in [-0.2, 0) is 15.1 Å². The van der Waals surface area contributed by atoms with Gasteiger partial charge in [0.1, 0.15) is 0 Å². The summed E-state index contributed by atoms with van der Waals surface area (Å²) in [5, 5.41) is 0. The minimum Gasteiger partial charge on any atom is -0.450 e. The number of aryl methyl sites for hydroxylation is 1. The molecule has 0 spiro atoms. The van der Waals surface area contributed by atoms with Gasteiger partial charge in [-0.05, 0) is 25.5 Å². The maximum Gasteiger partial charge on any atom is 0.303 e. The molecule has 0 N–H and O–H groups in total. The fourth-order valence-corrected chi connectivity index (χ4v) is 1.40. The highest BCUT2D eigenvalue weighted by Crippen LogP contribution is 2.26. The molecule has 0 aliphatic carbocycles. The van der Waals surface area contributed by atoms with Crippen LogP contribution >= 0.6 is 0 Å². The lowest BCUT2D eigenvalue weighted by Gasteiger charge is -2.26. The number of benzene rings is 1. The number of rotatable bonds is 3. The van der Waals surface area contributed by atoms with E-state index in [1.54, 1.807) is 6.08 Å². The molecule has 0 fully saturated rings. The summed E-state index contributed by atoms with van der Waals surface area (Å²) < 4.78 is 5.26. The van der Waals surface area contributed by atoms with Gasteiger partial charge in [0.05, 0.1) is 0 Å². The smallest absolute Gasteiger partial charge is 0.303 e. The summed E-state index contributed by atoms with van der Waals surface area (Å²) in [4.78, 5) is 11.0. The molecule has 2 heteroatoms. The molecule has 0 aliphatic heterocycles. The molecule has 0 saturated heterocycles. The Morgan fingerprint density at radius 1 is 1.40 bits per heavy atom. The van der Waals surface area contributed by atoms with Crippen LogP contribution in [0.15, 0.2) is 36.9 Å². The van der Waals surface area contributed by atoms with Gasteiger partial charge in [0, 0.05) is 6.92 Å². The average molecular weight is 204 g/mol. The van der Waals surface area contributed by atoms with E-state index in [1.807, 2.05) is 38.1 Å². The predicted octanol–water partition coefficient (Wildman–Crippen LogP) is 2.96. The monoisotopic (exact) mass is 204 g/mol. The third kappa shape index (κ3) is 2.69. The van der Waals surface area contributed by atoms with Crippen molar-refractivity contribution in [1.82, 2.24) is 0 Å². The second-order valence-electron chi connectivity index (χ2n) is 3.77. The van der Waals surface area contributed by atoms with Gasteiger partial charge in [-0.3, -0.25) is 4.79 Å². The fourth-order valence-electron chi connectivity index (χ4n) is 1.40. The maximum absolute atomic E-state index is 11.0. The van der Waals surface area contributed by atoms with Crippen LogP contribution in [0.4, 0.5) is 0 Å². The van der Waals surface area contributed by atoms with Crippen LogP contribution in [0.2, 0.25) is 0 Å². The normalized spacial score (nSPS) is 14.1. The van der Waals surface area contributed by atoms with Crippen LogP contribution in [0, 0.1) is 6.92 Å². The highest BCUT2D eigenvalue weighted by molar-refractivity contribution is 5.67. The largest absolute Gasteiger partial charge is 0.450 e. The third-order valence-corrected chi connectivity index (χ3v) is 2.37. The zero-order valence-corrected chi connectivity index (χ0v) is 9.41. The summed E-state index contributed by atoms with van der Waals surface area (Å²) in [6, 6.07) is 7.86. The lowest BCUT2D eigenvalue weighted by Crippen LogP contribution is -2.25. The van der Waals surface area contributed by atoms with E-state index in [0.29, 0.717) is 0 Å². The fraction of sp³-hybridized carbons (Fsp3) is 0.308. The quantitative estimate of drug-likeness (QED) is 0.559. The van der Waals surface area contributed by atoms with E-state index in [4.69, 9.17) is 4.74 Å². The molecule has 0 amide bonds. The van der Waals surface area contributed by atoms with Crippen molar-refractivity contribution in [3.05, 3.63) is 48.0 Å². The van der Waals surface area contributed by atoms with E-state index in [-0.39, 0.29) is 5.97 Å². The molecular weight excluding hydrogens is 188 g/mol. The Morgan fingerprint density at radius 2 is 1.93 bits per heavy atom. The van der Waals surface area contributed by atoms with Crippen LogP contribution in [0.25, 0.3) is 0 Å². The Kier molecular flexibility index (Phi) is 3.30. The van der Waals surface area contributed by atoms with E-state index in [9.17, 15) is 4.79 Å². The van der Waals surface area contributed by atoms with Crippen molar-refractivity contribution in [3.8, 4) is 0 Å². The summed E-state index contributed by atoms with van der Waals surface area (Å²) >= 11 is 0. The second-order valence-corrected chi connectivity index (χ2v) is 3.77. The average Bonchev–Trinajstić information content (AvgIpc) is 2.17. The number of hydrogen-bond donors (Lipinski definition) is 0. The van der Waals surface area contributed by atoms with Crippen molar-refractivity contribution in [2.45, 2.75) is 26.4 Å². The number of ether oxygens (including phenoxy) is 1. The molecule has 80 valence electrons. The van der Waals surface area contributed by atoms with Gasteiger partial charge in [-0.2, -0.15) is 0 Å². The van der Waals surface area contributed by atoms with Gasteiger partial charge in [-0.1, -0.05) is 36.4 Å². The van der Waals surface area contributed by atoms with E-state index in [2.05, 4.69) is 6.58 Å². The minimum absolute atomic E-state index is 0.307. The molecule has 2 nitrogen and oxygen atoms in total. The van der Waals surface area contributed by atoms with Gasteiger partial charge in [-0.25, -0.2) is 0 Å². The Hall–Kier alpha value is -1.57. The summed E-state index contributed by atoms with van der Waals surface area (Å²) in [6.07, 6.45) is 1.64. The lowest BCUT2D eigenvalue weighted by molar-refractivity contribution is -0.151. The van der Waals surface area contributed by atoms with Crippen LogP contribution < -0.4 is 0 Å². The maximum atomic E-state index is 11.0. The number of carbonyl (C=O) groups excluding carboxylic acids is 1. The van der Waals surface area contributed by atoms with Crippen LogP contribution in [0.1, 0.15) is 25.0 Å². The first kappa shape index (κ1) is 11.5. The Bertz CT molecular complexity index is 365. The van der Waals surface area contributed by atoms with E-state index >= 15 is 0 Å². The first-order chi connectivity index (χ1) is 6.98. The van der Waals surface area contributed by atoms with Gasteiger partial charge < -0.3 is 4.74 Å².